The molecule has 0 saturated carbocycles. The van der Waals surface area contributed by atoms with Crippen molar-refractivity contribution in [1.29, 1.82) is 0 Å². The molecule has 0 aliphatic rings. The molecule has 0 atom stereocenters. The van der Waals surface area contributed by atoms with Crippen LogP contribution in [-0.4, -0.2) is 26.4 Å². The fraction of sp³-hybridized carbons (Fsp3) is 0.188. The maximum Gasteiger partial charge on any atom is 0.234 e. The molecule has 0 aliphatic carbocycles. The molecule has 0 aliphatic heterocycles. The molecule has 0 spiro atoms. The van der Waals surface area contributed by atoms with Gasteiger partial charge in [0.2, 0.25) is 5.91 Å². The largest absolute Gasteiger partial charge is 0.399 e. The Bertz CT molecular complexity index is 857. The normalized spacial score (nSPS) is 10.8. The second kappa shape index (κ2) is 7.06. The van der Waals surface area contributed by atoms with Gasteiger partial charge in [-0.15, -0.1) is 21.5 Å². The fourth-order valence-electron chi connectivity index (χ4n) is 2.20. The summed E-state index contributed by atoms with van der Waals surface area (Å²) in [5, 5.41) is 14.0. The molecule has 8 heteroatoms. The molecule has 24 heavy (non-hydrogen) atoms. The molecule has 1 aromatic carbocycles. The first-order valence-corrected chi connectivity index (χ1v) is 9.13. The molecule has 3 N–H and O–H groups in total. The van der Waals surface area contributed by atoms with Crippen molar-refractivity contribution < 1.29 is 4.79 Å². The van der Waals surface area contributed by atoms with Crippen LogP contribution in [0.15, 0.2) is 40.9 Å². The minimum Gasteiger partial charge on any atom is -0.399 e. The van der Waals surface area contributed by atoms with Crippen LogP contribution in [-0.2, 0) is 11.8 Å². The number of thioether (sulfide) groups is 1. The van der Waals surface area contributed by atoms with E-state index in [1.165, 1.54) is 11.8 Å². The van der Waals surface area contributed by atoms with Gasteiger partial charge in [-0.1, -0.05) is 17.8 Å². The van der Waals surface area contributed by atoms with Crippen molar-refractivity contribution >= 4 is 40.4 Å². The summed E-state index contributed by atoms with van der Waals surface area (Å²) in [7, 11) is 1.90. The zero-order valence-corrected chi connectivity index (χ0v) is 14.9. The van der Waals surface area contributed by atoms with Gasteiger partial charge in [0.25, 0.3) is 0 Å². The van der Waals surface area contributed by atoms with E-state index in [4.69, 9.17) is 5.73 Å². The Labute approximate surface area is 148 Å². The molecule has 3 rings (SSSR count). The summed E-state index contributed by atoms with van der Waals surface area (Å²) in [5.74, 6) is 0.982. The second-order valence-corrected chi connectivity index (χ2v) is 7.14. The number of benzene rings is 1. The number of aryl methyl sites for hydroxylation is 1. The van der Waals surface area contributed by atoms with E-state index < -0.39 is 0 Å². The predicted octanol–water partition coefficient (Wildman–Crippen LogP) is 3.17. The van der Waals surface area contributed by atoms with Crippen molar-refractivity contribution in [3.63, 3.8) is 0 Å². The highest BCUT2D eigenvalue weighted by Gasteiger charge is 2.14. The minimum atomic E-state index is -0.0893. The number of nitrogens with one attached hydrogen (secondary N) is 1. The molecule has 2 aromatic heterocycles. The minimum absolute atomic E-state index is 0.0893. The third-order valence-electron chi connectivity index (χ3n) is 3.43. The number of hydrogen-bond donors (Lipinski definition) is 2. The molecule has 2 heterocycles. The lowest BCUT2D eigenvalue weighted by Gasteiger charge is -2.08. The van der Waals surface area contributed by atoms with Gasteiger partial charge in [-0.3, -0.25) is 4.79 Å². The van der Waals surface area contributed by atoms with E-state index in [0.29, 0.717) is 10.8 Å². The summed E-state index contributed by atoms with van der Waals surface area (Å²) in [6.07, 6.45) is 0. The number of nitrogen functional groups attached to an aromatic ring is 1. The summed E-state index contributed by atoms with van der Waals surface area (Å²) >= 11 is 2.97. The average molecular weight is 359 g/mol. The fourth-order valence-corrected chi connectivity index (χ4v) is 3.66. The summed E-state index contributed by atoms with van der Waals surface area (Å²) in [5.41, 5.74) is 8.11. The molecule has 1 amide bonds. The van der Waals surface area contributed by atoms with Gasteiger partial charge in [-0.25, -0.2) is 0 Å². The Balaban J connectivity index is 1.62. The lowest BCUT2D eigenvalue weighted by atomic mass is 10.2. The molecule has 124 valence electrons. The van der Waals surface area contributed by atoms with Gasteiger partial charge in [-0.2, -0.15) is 0 Å². The first kappa shape index (κ1) is 16.5. The monoisotopic (exact) mass is 359 g/mol. The molecule has 6 nitrogen and oxygen atoms in total. The highest BCUT2D eigenvalue weighted by atomic mass is 32.2. The van der Waals surface area contributed by atoms with E-state index in [2.05, 4.69) is 15.5 Å². The van der Waals surface area contributed by atoms with Gasteiger partial charge in [0.15, 0.2) is 11.0 Å². The maximum atomic E-state index is 12.2. The first-order valence-electron chi connectivity index (χ1n) is 7.26. The number of hydrogen-bond acceptors (Lipinski definition) is 6. The van der Waals surface area contributed by atoms with Crippen LogP contribution in [0.5, 0.6) is 0 Å². The molecule has 0 saturated heterocycles. The van der Waals surface area contributed by atoms with Crippen molar-refractivity contribution in [3.05, 3.63) is 41.3 Å². The Morgan fingerprint density at radius 2 is 2.21 bits per heavy atom. The number of nitrogens with zero attached hydrogens (tertiary/aromatic N) is 3. The van der Waals surface area contributed by atoms with Crippen LogP contribution in [0.2, 0.25) is 0 Å². The lowest BCUT2D eigenvalue weighted by molar-refractivity contribution is -0.113. The predicted molar refractivity (Wildman–Crippen MR) is 99.3 cm³/mol. The zero-order chi connectivity index (χ0) is 17.1. The van der Waals surface area contributed by atoms with Crippen LogP contribution >= 0.6 is 23.1 Å². The Morgan fingerprint density at radius 3 is 2.92 bits per heavy atom. The quantitative estimate of drug-likeness (QED) is 0.540. The zero-order valence-electron chi connectivity index (χ0n) is 13.3. The Morgan fingerprint density at radius 1 is 1.38 bits per heavy atom. The Hall–Kier alpha value is -2.32. The highest BCUT2D eigenvalue weighted by Crippen LogP contribution is 2.26. The third kappa shape index (κ3) is 3.60. The first-order chi connectivity index (χ1) is 11.5. The van der Waals surface area contributed by atoms with Crippen molar-refractivity contribution in [2.24, 2.45) is 7.05 Å². The molecule has 0 unspecified atom stereocenters. The van der Waals surface area contributed by atoms with Crippen LogP contribution in [0.3, 0.4) is 0 Å². The number of amides is 1. The van der Waals surface area contributed by atoms with Crippen LogP contribution in [0.25, 0.3) is 10.7 Å². The maximum absolute atomic E-state index is 12.2. The van der Waals surface area contributed by atoms with E-state index in [1.54, 1.807) is 17.4 Å². The second-order valence-electron chi connectivity index (χ2n) is 5.25. The van der Waals surface area contributed by atoms with Crippen LogP contribution in [0, 0.1) is 6.92 Å². The van der Waals surface area contributed by atoms with Gasteiger partial charge >= 0.3 is 0 Å². The topological polar surface area (TPSA) is 85.8 Å². The number of aromatic nitrogens is 3. The number of rotatable bonds is 5. The number of nitrogens with two attached hydrogens (primary N) is 1. The van der Waals surface area contributed by atoms with E-state index in [0.717, 1.165) is 22.0 Å². The van der Waals surface area contributed by atoms with Gasteiger partial charge in [-0.05, 0) is 42.1 Å². The van der Waals surface area contributed by atoms with Gasteiger partial charge in [0.05, 0.1) is 10.6 Å². The van der Waals surface area contributed by atoms with Crippen molar-refractivity contribution in [3.8, 4) is 10.7 Å². The van der Waals surface area contributed by atoms with Crippen molar-refractivity contribution in [2.75, 3.05) is 16.8 Å². The summed E-state index contributed by atoms with van der Waals surface area (Å²) in [4.78, 5) is 13.2. The third-order valence-corrected chi connectivity index (χ3v) is 5.32. The number of carbonyl (C=O) groups is 1. The van der Waals surface area contributed by atoms with Gasteiger partial charge < -0.3 is 15.6 Å². The number of anilines is 2. The van der Waals surface area contributed by atoms with Gasteiger partial charge in [0.1, 0.15) is 0 Å². The highest BCUT2D eigenvalue weighted by molar-refractivity contribution is 7.99. The van der Waals surface area contributed by atoms with Crippen molar-refractivity contribution in [1.82, 2.24) is 14.8 Å². The number of carbonyl (C=O) groups excluding carboxylic acids is 1. The summed E-state index contributed by atoms with van der Waals surface area (Å²) in [6.45, 7) is 1.91. The van der Waals surface area contributed by atoms with E-state index in [-0.39, 0.29) is 11.7 Å². The van der Waals surface area contributed by atoms with Crippen LogP contribution in [0.1, 0.15) is 5.56 Å². The molecule has 0 bridgehead atoms. The molecular weight excluding hydrogens is 342 g/mol. The van der Waals surface area contributed by atoms with E-state index in [9.17, 15) is 4.79 Å². The average Bonchev–Trinajstić information content (AvgIpc) is 3.18. The molecular formula is C16H17N5OS2. The van der Waals surface area contributed by atoms with E-state index in [1.807, 2.05) is 48.2 Å². The van der Waals surface area contributed by atoms with Crippen LogP contribution in [0.4, 0.5) is 11.4 Å². The van der Waals surface area contributed by atoms with Crippen LogP contribution < -0.4 is 11.1 Å². The molecule has 3 aromatic rings. The van der Waals surface area contributed by atoms with E-state index >= 15 is 0 Å². The standard InChI is InChI=1S/C16H17N5OS2/c1-10-8-11(17)5-6-12(10)18-14(22)9-24-16-20-19-15(21(16)2)13-4-3-7-23-13/h3-8H,9,17H2,1-2H3,(H,18,22). The summed E-state index contributed by atoms with van der Waals surface area (Å²) in [6, 6.07) is 9.39. The SMILES string of the molecule is Cc1cc(N)ccc1NC(=O)CSc1nnc(-c2cccs2)n1C. The van der Waals surface area contributed by atoms with Gasteiger partial charge in [0, 0.05) is 18.4 Å². The molecule has 0 fully saturated rings. The number of thiophene rings is 1. The van der Waals surface area contributed by atoms with Crippen molar-refractivity contribution in [2.45, 2.75) is 12.1 Å². The Kier molecular flexibility index (Phi) is 4.86. The summed E-state index contributed by atoms with van der Waals surface area (Å²) < 4.78 is 1.90. The smallest absolute Gasteiger partial charge is 0.234 e. The lowest BCUT2D eigenvalue weighted by Crippen LogP contribution is -2.15. The molecule has 0 radical (unpaired) electrons.